The second-order valence-electron chi connectivity index (χ2n) is 7.36. The van der Waals surface area contributed by atoms with Gasteiger partial charge in [-0.05, 0) is 50.8 Å². The van der Waals surface area contributed by atoms with Crippen LogP contribution >= 0.6 is 15.9 Å². The normalized spacial score (nSPS) is 26.1. The highest BCUT2D eigenvalue weighted by Crippen LogP contribution is 2.46. The number of nitrogens with zero attached hydrogens (tertiary/aromatic N) is 1. The second-order valence-corrected chi connectivity index (χ2v) is 8.27. The van der Waals surface area contributed by atoms with Crippen LogP contribution in [-0.2, 0) is 11.3 Å². The van der Waals surface area contributed by atoms with Gasteiger partial charge in [0.15, 0.2) is 0 Å². The Kier molecular flexibility index (Phi) is 4.40. The van der Waals surface area contributed by atoms with Crippen molar-refractivity contribution in [3.8, 4) is 0 Å². The molecule has 1 saturated heterocycles. The zero-order valence-electron chi connectivity index (χ0n) is 13.6. The molecule has 6 heteroatoms. The van der Waals surface area contributed by atoms with E-state index < -0.39 is 5.60 Å². The van der Waals surface area contributed by atoms with E-state index in [1.807, 2.05) is 20.8 Å². The van der Waals surface area contributed by atoms with E-state index in [9.17, 15) is 9.18 Å². The number of nitrogens with one attached hydrogen (secondary N) is 1. The van der Waals surface area contributed by atoms with Gasteiger partial charge in [0.1, 0.15) is 11.4 Å². The van der Waals surface area contributed by atoms with Crippen LogP contribution in [-0.4, -0.2) is 35.7 Å². The lowest BCUT2D eigenvalue weighted by Crippen LogP contribution is -2.39. The number of ether oxygens (including phenoxy) is 1. The summed E-state index contributed by atoms with van der Waals surface area (Å²) in [6, 6.07) is 5.34. The average molecular weight is 385 g/mol. The summed E-state index contributed by atoms with van der Waals surface area (Å²) in [6.45, 7) is 7.57. The molecular weight excluding hydrogens is 363 g/mol. The van der Waals surface area contributed by atoms with E-state index in [1.165, 1.54) is 6.07 Å². The molecule has 1 aromatic rings. The molecule has 3 rings (SSSR count). The Hall–Kier alpha value is -1.14. The van der Waals surface area contributed by atoms with Gasteiger partial charge in [-0.25, -0.2) is 9.18 Å². The van der Waals surface area contributed by atoms with Crippen molar-refractivity contribution < 1.29 is 13.9 Å². The zero-order valence-corrected chi connectivity index (χ0v) is 15.2. The summed E-state index contributed by atoms with van der Waals surface area (Å²) >= 11 is 3.36. The minimum Gasteiger partial charge on any atom is -0.444 e. The van der Waals surface area contributed by atoms with Crippen LogP contribution in [0, 0.1) is 17.7 Å². The summed E-state index contributed by atoms with van der Waals surface area (Å²) in [7, 11) is 0. The minimum absolute atomic E-state index is 0.193. The molecule has 2 aliphatic rings. The van der Waals surface area contributed by atoms with Crippen LogP contribution in [0.25, 0.3) is 0 Å². The molecule has 0 aromatic heterocycles. The summed E-state index contributed by atoms with van der Waals surface area (Å²) in [5, 5.41) is 3.41. The maximum atomic E-state index is 13.7. The molecule has 0 bridgehead atoms. The van der Waals surface area contributed by atoms with E-state index in [0.29, 0.717) is 30.0 Å². The van der Waals surface area contributed by atoms with Crippen molar-refractivity contribution in [3.63, 3.8) is 0 Å². The van der Waals surface area contributed by atoms with E-state index in [1.54, 1.807) is 17.0 Å². The number of likely N-dealkylation sites (tertiary alicyclic amines) is 1. The van der Waals surface area contributed by atoms with Gasteiger partial charge in [-0.15, -0.1) is 0 Å². The van der Waals surface area contributed by atoms with Crippen molar-refractivity contribution in [2.24, 2.45) is 11.8 Å². The number of fused-ring (bicyclic) bond motifs is 1. The third kappa shape index (κ3) is 3.86. The van der Waals surface area contributed by atoms with Crippen molar-refractivity contribution in [1.29, 1.82) is 0 Å². The second kappa shape index (κ2) is 6.06. The summed E-state index contributed by atoms with van der Waals surface area (Å²) in [5.41, 5.74) is 0.202. The van der Waals surface area contributed by atoms with E-state index in [0.717, 1.165) is 17.6 Å². The van der Waals surface area contributed by atoms with Gasteiger partial charge in [0.05, 0.1) is 0 Å². The first-order valence-corrected chi connectivity index (χ1v) is 8.69. The smallest absolute Gasteiger partial charge is 0.410 e. The molecule has 2 fully saturated rings. The lowest BCUT2D eigenvalue weighted by atomic mass is 10.2. The lowest BCUT2D eigenvalue weighted by molar-refractivity contribution is 0.0269. The van der Waals surface area contributed by atoms with Gasteiger partial charge in [-0.3, -0.25) is 0 Å². The Balaban J connectivity index is 1.47. The molecule has 0 radical (unpaired) electrons. The number of amides is 1. The summed E-state index contributed by atoms with van der Waals surface area (Å²) in [4.78, 5) is 13.8. The monoisotopic (exact) mass is 384 g/mol. The van der Waals surface area contributed by atoms with Crippen molar-refractivity contribution >= 4 is 22.0 Å². The molecule has 4 nitrogen and oxygen atoms in total. The fourth-order valence-electron chi connectivity index (χ4n) is 3.21. The molecule has 1 saturated carbocycles. The van der Waals surface area contributed by atoms with Gasteiger partial charge < -0.3 is 15.0 Å². The molecule has 23 heavy (non-hydrogen) atoms. The van der Waals surface area contributed by atoms with Crippen LogP contribution in [0.2, 0.25) is 0 Å². The Morgan fingerprint density at radius 3 is 2.65 bits per heavy atom. The molecule has 0 spiro atoms. The summed E-state index contributed by atoms with van der Waals surface area (Å²) in [6.07, 6.45) is -0.235. The zero-order chi connectivity index (χ0) is 16.8. The molecule has 2 unspecified atom stereocenters. The standard InChI is InChI=1S/C17H22BrFN2O2/c1-17(2,3)23-16(22)21-8-12-13(9-21)15(12)20-7-10-6-11(18)4-5-14(10)19/h4-6,12-13,15,20H,7-9H2,1-3H3. The van der Waals surface area contributed by atoms with Gasteiger partial charge in [0.2, 0.25) is 0 Å². The Labute approximate surface area is 144 Å². The summed E-state index contributed by atoms with van der Waals surface area (Å²) in [5.74, 6) is 0.720. The van der Waals surface area contributed by atoms with E-state index in [4.69, 9.17) is 4.74 Å². The van der Waals surface area contributed by atoms with E-state index in [-0.39, 0.29) is 11.9 Å². The van der Waals surface area contributed by atoms with Crippen molar-refractivity contribution in [1.82, 2.24) is 10.2 Å². The Bertz CT molecular complexity index is 605. The molecule has 1 N–H and O–H groups in total. The first-order chi connectivity index (χ1) is 10.7. The van der Waals surface area contributed by atoms with Crippen LogP contribution in [0.1, 0.15) is 26.3 Å². The molecule has 1 heterocycles. The maximum Gasteiger partial charge on any atom is 0.410 e. The van der Waals surface area contributed by atoms with E-state index >= 15 is 0 Å². The lowest BCUT2D eigenvalue weighted by Gasteiger charge is -2.26. The fourth-order valence-corrected chi connectivity index (χ4v) is 3.62. The number of halogens is 2. The van der Waals surface area contributed by atoms with Gasteiger partial charge in [-0.2, -0.15) is 0 Å². The highest BCUT2D eigenvalue weighted by atomic mass is 79.9. The topological polar surface area (TPSA) is 41.6 Å². The number of carbonyl (C=O) groups is 1. The molecule has 2 atom stereocenters. The van der Waals surface area contributed by atoms with Crippen molar-refractivity contribution in [3.05, 3.63) is 34.1 Å². The number of rotatable bonds is 3. The molecule has 1 amide bonds. The number of hydrogen-bond donors (Lipinski definition) is 1. The molecule has 126 valence electrons. The predicted molar refractivity (Wildman–Crippen MR) is 89.5 cm³/mol. The van der Waals surface area contributed by atoms with Crippen LogP contribution < -0.4 is 5.32 Å². The number of benzene rings is 1. The SMILES string of the molecule is CC(C)(C)OC(=O)N1CC2C(C1)C2NCc1cc(Br)ccc1F. The van der Waals surface area contributed by atoms with Crippen LogP contribution in [0.15, 0.2) is 22.7 Å². The number of hydrogen-bond acceptors (Lipinski definition) is 3. The van der Waals surface area contributed by atoms with Crippen molar-refractivity contribution in [2.45, 2.75) is 39.0 Å². The molecule has 1 aliphatic heterocycles. The van der Waals surface area contributed by atoms with Crippen LogP contribution in [0.4, 0.5) is 9.18 Å². The summed E-state index contributed by atoms with van der Waals surface area (Å²) < 4.78 is 20.0. The van der Waals surface area contributed by atoms with Gasteiger partial charge in [0.25, 0.3) is 0 Å². The highest BCUT2D eigenvalue weighted by Gasteiger charge is 2.56. The van der Waals surface area contributed by atoms with E-state index in [2.05, 4.69) is 21.2 Å². The molecule has 1 aliphatic carbocycles. The van der Waals surface area contributed by atoms with Gasteiger partial charge in [0, 0.05) is 35.7 Å². The Morgan fingerprint density at radius 1 is 1.39 bits per heavy atom. The van der Waals surface area contributed by atoms with Crippen molar-refractivity contribution in [2.75, 3.05) is 13.1 Å². The Morgan fingerprint density at radius 2 is 2.04 bits per heavy atom. The van der Waals surface area contributed by atoms with Crippen LogP contribution in [0.5, 0.6) is 0 Å². The molecular formula is C17H22BrFN2O2. The maximum absolute atomic E-state index is 13.7. The quantitative estimate of drug-likeness (QED) is 0.866. The molecule has 1 aromatic carbocycles. The predicted octanol–water partition coefficient (Wildman–Crippen LogP) is 3.54. The minimum atomic E-state index is -0.459. The number of piperidine rings is 1. The van der Waals surface area contributed by atoms with Crippen LogP contribution in [0.3, 0.4) is 0 Å². The first kappa shape index (κ1) is 16.7. The first-order valence-electron chi connectivity index (χ1n) is 7.90. The third-order valence-corrected chi connectivity index (χ3v) is 4.87. The highest BCUT2D eigenvalue weighted by molar-refractivity contribution is 9.10. The fraction of sp³-hybridized carbons (Fsp3) is 0.588. The third-order valence-electron chi connectivity index (χ3n) is 4.38. The van der Waals surface area contributed by atoms with Gasteiger partial charge >= 0.3 is 6.09 Å². The average Bonchev–Trinajstić information content (AvgIpc) is 2.89. The van der Waals surface area contributed by atoms with Gasteiger partial charge in [-0.1, -0.05) is 15.9 Å². The largest absolute Gasteiger partial charge is 0.444 e. The number of carbonyl (C=O) groups excluding carboxylic acids is 1.